The fraction of sp³-hybridized carbons (Fsp3) is 0.600. The number of aromatic nitrogens is 2. The molecule has 1 aromatic heterocycles. The van der Waals surface area contributed by atoms with Gasteiger partial charge in [0.05, 0.1) is 0 Å². The molecule has 0 aliphatic carbocycles. The number of hydrazine groups is 1. The van der Waals surface area contributed by atoms with E-state index in [1.54, 1.807) is 0 Å². The highest BCUT2D eigenvalue weighted by molar-refractivity contribution is 5.37. The van der Waals surface area contributed by atoms with Crippen molar-refractivity contribution in [3.63, 3.8) is 0 Å². The Labute approximate surface area is 98.4 Å². The minimum atomic E-state index is -2.54. The van der Waals surface area contributed by atoms with Crippen molar-refractivity contribution in [3.8, 4) is 5.88 Å². The molecule has 96 valence electrons. The zero-order chi connectivity index (χ0) is 13.1. The molecule has 17 heavy (non-hydrogen) atoms. The van der Waals surface area contributed by atoms with Gasteiger partial charge >= 0.3 is 0 Å². The Kier molecular flexibility index (Phi) is 4.17. The molecule has 0 unspecified atom stereocenters. The number of nitrogens with zero attached hydrogens (tertiary/aromatic N) is 2. The third kappa shape index (κ3) is 4.10. The van der Waals surface area contributed by atoms with E-state index in [-0.39, 0.29) is 11.3 Å². The van der Waals surface area contributed by atoms with Crippen LogP contribution < -0.4 is 16.0 Å². The molecular weight excluding hydrogens is 230 g/mol. The van der Waals surface area contributed by atoms with E-state index >= 15 is 0 Å². The van der Waals surface area contributed by atoms with Crippen molar-refractivity contribution in [3.05, 3.63) is 11.9 Å². The normalized spacial score (nSPS) is 11.7. The van der Waals surface area contributed by atoms with E-state index in [1.165, 1.54) is 6.07 Å². The number of halogens is 2. The van der Waals surface area contributed by atoms with Crippen LogP contribution in [0.3, 0.4) is 0 Å². The monoisotopic (exact) mass is 246 g/mol. The van der Waals surface area contributed by atoms with Gasteiger partial charge in [-0.2, -0.15) is 4.98 Å². The van der Waals surface area contributed by atoms with Crippen LogP contribution in [0.25, 0.3) is 0 Å². The molecule has 0 atom stereocenters. The molecule has 0 aliphatic rings. The van der Waals surface area contributed by atoms with Crippen molar-refractivity contribution in [2.75, 3.05) is 12.0 Å². The third-order valence-corrected chi connectivity index (χ3v) is 1.88. The predicted octanol–water partition coefficient (Wildman–Crippen LogP) is 1.70. The summed E-state index contributed by atoms with van der Waals surface area (Å²) >= 11 is 0. The Morgan fingerprint density at radius 2 is 2.06 bits per heavy atom. The standard InChI is InChI=1S/C10H16F2N4O/c1-10(2,3)9-14-7(16-13)4-8(15-9)17-5-6(11)12/h4,6H,5,13H2,1-3H3,(H,14,15,16). The van der Waals surface area contributed by atoms with Gasteiger partial charge in [-0.15, -0.1) is 0 Å². The van der Waals surface area contributed by atoms with Crippen LogP contribution in [0.1, 0.15) is 26.6 Å². The van der Waals surface area contributed by atoms with E-state index in [1.807, 2.05) is 20.8 Å². The Morgan fingerprint density at radius 3 is 2.53 bits per heavy atom. The molecule has 0 saturated heterocycles. The minimum absolute atomic E-state index is 0.0816. The smallest absolute Gasteiger partial charge is 0.272 e. The van der Waals surface area contributed by atoms with E-state index in [0.717, 1.165) is 0 Å². The molecule has 0 fully saturated rings. The second-order valence-electron chi connectivity index (χ2n) is 4.51. The minimum Gasteiger partial charge on any atom is -0.471 e. The average molecular weight is 246 g/mol. The van der Waals surface area contributed by atoms with Crippen molar-refractivity contribution >= 4 is 5.82 Å². The zero-order valence-corrected chi connectivity index (χ0v) is 10.00. The number of anilines is 1. The van der Waals surface area contributed by atoms with Gasteiger partial charge in [0.2, 0.25) is 5.88 Å². The summed E-state index contributed by atoms with van der Waals surface area (Å²) in [4.78, 5) is 8.20. The van der Waals surface area contributed by atoms with E-state index in [0.29, 0.717) is 11.6 Å². The van der Waals surface area contributed by atoms with Crippen LogP contribution in [0.15, 0.2) is 6.07 Å². The van der Waals surface area contributed by atoms with E-state index in [9.17, 15) is 8.78 Å². The third-order valence-electron chi connectivity index (χ3n) is 1.88. The topological polar surface area (TPSA) is 73.1 Å². The van der Waals surface area contributed by atoms with Crippen molar-refractivity contribution in [2.24, 2.45) is 5.84 Å². The van der Waals surface area contributed by atoms with Gasteiger partial charge in [0.15, 0.2) is 6.61 Å². The van der Waals surface area contributed by atoms with Crippen LogP contribution in [0.4, 0.5) is 14.6 Å². The van der Waals surface area contributed by atoms with Gasteiger partial charge < -0.3 is 10.2 Å². The summed E-state index contributed by atoms with van der Waals surface area (Å²) in [6.07, 6.45) is -2.54. The summed E-state index contributed by atoms with van der Waals surface area (Å²) in [5, 5.41) is 0. The molecule has 0 amide bonds. The maximum Gasteiger partial charge on any atom is 0.272 e. The number of nitrogen functional groups attached to an aromatic ring is 1. The number of rotatable bonds is 4. The zero-order valence-electron chi connectivity index (χ0n) is 10.00. The van der Waals surface area contributed by atoms with Crippen LogP contribution in [-0.2, 0) is 5.41 Å². The first-order valence-electron chi connectivity index (χ1n) is 5.10. The van der Waals surface area contributed by atoms with Crippen molar-refractivity contribution in [2.45, 2.75) is 32.6 Å². The van der Waals surface area contributed by atoms with Gasteiger partial charge in [-0.25, -0.2) is 19.6 Å². The van der Waals surface area contributed by atoms with E-state index < -0.39 is 13.0 Å². The Hall–Kier alpha value is -1.50. The Morgan fingerprint density at radius 1 is 1.41 bits per heavy atom. The molecule has 0 saturated carbocycles. The number of nitrogens with one attached hydrogen (secondary N) is 1. The highest BCUT2D eigenvalue weighted by Crippen LogP contribution is 2.23. The second kappa shape index (κ2) is 5.22. The van der Waals surface area contributed by atoms with Gasteiger partial charge in [-0.05, 0) is 0 Å². The maximum atomic E-state index is 12.0. The number of alkyl halides is 2. The number of hydrogen-bond donors (Lipinski definition) is 2. The molecule has 0 aliphatic heterocycles. The highest BCUT2D eigenvalue weighted by Gasteiger charge is 2.19. The van der Waals surface area contributed by atoms with Gasteiger partial charge in [-0.1, -0.05) is 20.8 Å². The average Bonchev–Trinajstić information content (AvgIpc) is 2.24. The largest absolute Gasteiger partial charge is 0.471 e. The molecule has 3 N–H and O–H groups in total. The molecular formula is C10H16F2N4O. The fourth-order valence-corrected chi connectivity index (χ4v) is 1.06. The first-order valence-corrected chi connectivity index (χ1v) is 5.10. The summed E-state index contributed by atoms with van der Waals surface area (Å²) in [5.74, 6) is 6.12. The fourth-order valence-electron chi connectivity index (χ4n) is 1.06. The summed E-state index contributed by atoms with van der Waals surface area (Å²) in [7, 11) is 0. The summed E-state index contributed by atoms with van der Waals surface area (Å²) in [6.45, 7) is 5.00. The van der Waals surface area contributed by atoms with Crippen molar-refractivity contribution < 1.29 is 13.5 Å². The number of nitrogens with two attached hydrogens (primary N) is 1. The van der Waals surface area contributed by atoms with E-state index in [4.69, 9.17) is 10.6 Å². The van der Waals surface area contributed by atoms with Gasteiger partial charge in [0.25, 0.3) is 6.43 Å². The van der Waals surface area contributed by atoms with Crippen LogP contribution in [0.5, 0.6) is 5.88 Å². The molecule has 1 rings (SSSR count). The second-order valence-corrected chi connectivity index (χ2v) is 4.51. The lowest BCUT2D eigenvalue weighted by Crippen LogP contribution is -2.20. The summed E-state index contributed by atoms with van der Waals surface area (Å²) < 4.78 is 28.9. The Balaban J connectivity index is 2.97. The molecule has 0 radical (unpaired) electrons. The lowest BCUT2D eigenvalue weighted by Gasteiger charge is -2.18. The Bertz CT molecular complexity index is 379. The summed E-state index contributed by atoms with van der Waals surface area (Å²) in [5.41, 5.74) is 2.03. The van der Waals surface area contributed by atoms with Gasteiger partial charge in [-0.3, -0.25) is 0 Å². The first kappa shape index (κ1) is 13.6. The molecule has 5 nitrogen and oxygen atoms in total. The summed E-state index contributed by atoms with van der Waals surface area (Å²) in [6, 6.07) is 1.37. The van der Waals surface area contributed by atoms with Crippen LogP contribution in [-0.4, -0.2) is 23.0 Å². The number of ether oxygens (including phenoxy) is 1. The lowest BCUT2D eigenvalue weighted by atomic mass is 9.96. The molecule has 0 bridgehead atoms. The highest BCUT2D eigenvalue weighted by atomic mass is 19.3. The molecule has 0 spiro atoms. The molecule has 0 aromatic carbocycles. The van der Waals surface area contributed by atoms with Crippen molar-refractivity contribution in [1.82, 2.24) is 9.97 Å². The first-order chi connectivity index (χ1) is 7.82. The molecule has 1 heterocycles. The molecule has 1 aromatic rings. The quantitative estimate of drug-likeness (QED) is 0.625. The van der Waals surface area contributed by atoms with Gasteiger partial charge in [0.1, 0.15) is 11.6 Å². The molecule has 7 heteroatoms. The van der Waals surface area contributed by atoms with Crippen LogP contribution >= 0.6 is 0 Å². The van der Waals surface area contributed by atoms with E-state index in [2.05, 4.69) is 15.4 Å². The van der Waals surface area contributed by atoms with Crippen LogP contribution in [0, 0.1) is 0 Å². The SMILES string of the molecule is CC(C)(C)c1nc(NN)cc(OCC(F)F)n1. The maximum absolute atomic E-state index is 12.0. The van der Waals surface area contributed by atoms with Crippen LogP contribution in [0.2, 0.25) is 0 Å². The predicted molar refractivity (Wildman–Crippen MR) is 60.0 cm³/mol. The van der Waals surface area contributed by atoms with Crippen molar-refractivity contribution in [1.29, 1.82) is 0 Å². The number of hydrogen-bond acceptors (Lipinski definition) is 5. The lowest BCUT2D eigenvalue weighted by molar-refractivity contribution is 0.0793. The van der Waals surface area contributed by atoms with Gasteiger partial charge in [0, 0.05) is 11.5 Å².